The van der Waals surface area contributed by atoms with Crippen molar-refractivity contribution in [1.82, 2.24) is 15.2 Å². The van der Waals surface area contributed by atoms with E-state index in [1.54, 1.807) is 0 Å². The number of hydrogen-bond acceptors (Lipinski definition) is 7. The lowest BCUT2D eigenvalue weighted by atomic mass is 9.73. The van der Waals surface area contributed by atoms with Gasteiger partial charge in [0.1, 0.15) is 6.29 Å². The molecule has 3 aromatic rings. The van der Waals surface area contributed by atoms with E-state index in [0.717, 1.165) is 116 Å². The van der Waals surface area contributed by atoms with Gasteiger partial charge in [-0.3, -0.25) is 9.59 Å². The molecule has 252 valence electrons. The molecule has 0 spiro atoms. The minimum Gasteiger partial charge on any atom is -0.388 e. The zero-order valence-electron chi connectivity index (χ0n) is 28.9. The van der Waals surface area contributed by atoms with Gasteiger partial charge in [0.05, 0.1) is 5.41 Å². The Hall–Kier alpha value is -3.95. The molecule has 0 aliphatic carbocycles. The fourth-order valence-corrected chi connectivity index (χ4v) is 7.47. The molecule has 3 heterocycles. The minimum absolute atomic E-state index is 0.137. The van der Waals surface area contributed by atoms with Gasteiger partial charge >= 0.3 is 0 Å². The number of aryl methyl sites for hydroxylation is 2. The number of anilines is 2. The fraction of sp³-hybridized carbons (Fsp3) is 0.500. The van der Waals surface area contributed by atoms with E-state index in [1.807, 2.05) is 40.0 Å². The Morgan fingerprint density at radius 1 is 1.06 bits per heavy atom. The molecule has 9 heteroatoms. The number of carbonyl (C=O) groups is 2. The van der Waals surface area contributed by atoms with Gasteiger partial charge in [-0.25, -0.2) is 0 Å². The Morgan fingerprint density at radius 2 is 1.79 bits per heavy atom. The Bertz CT molecular complexity index is 1650. The van der Waals surface area contributed by atoms with Gasteiger partial charge in [0.25, 0.3) is 11.5 Å². The number of piperidine rings is 1. The highest BCUT2D eigenvalue weighted by Gasteiger charge is 2.37. The maximum atomic E-state index is 14.0. The van der Waals surface area contributed by atoms with Crippen molar-refractivity contribution in [1.29, 1.82) is 0 Å². The first-order valence-electron chi connectivity index (χ1n) is 17.1. The smallest absolute Gasteiger partial charge is 0.253 e. The summed E-state index contributed by atoms with van der Waals surface area (Å²) in [5, 5.41) is 6.42. The van der Waals surface area contributed by atoms with Gasteiger partial charge in [-0.2, -0.15) is 0 Å². The number of H-pyrrole nitrogens is 1. The van der Waals surface area contributed by atoms with Crippen molar-refractivity contribution in [2.75, 3.05) is 56.7 Å². The van der Waals surface area contributed by atoms with Crippen LogP contribution >= 0.6 is 0 Å². The van der Waals surface area contributed by atoms with Gasteiger partial charge in [-0.1, -0.05) is 19.1 Å². The highest BCUT2D eigenvalue weighted by molar-refractivity contribution is 5.99. The van der Waals surface area contributed by atoms with Crippen molar-refractivity contribution in [2.45, 2.75) is 78.3 Å². The summed E-state index contributed by atoms with van der Waals surface area (Å²) >= 11 is 0. The Kier molecular flexibility index (Phi) is 10.9. The molecule has 1 aromatic heterocycles. The van der Waals surface area contributed by atoms with Crippen LogP contribution in [0.3, 0.4) is 0 Å². The van der Waals surface area contributed by atoms with Gasteiger partial charge in [-0.15, -0.1) is 0 Å². The molecule has 2 aliphatic rings. The largest absolute Gasteiger partial charge is 0.388 e. The van der Waals surface area contributed by atoms with Crippen LogP contribution in [0.15, 0.2) is 41.2 Å². The maximum Gasteiger partial charge on any atom is 0.253 e. The van der Waals surface area contributed by atoms with E-state index in [9.17, 15) is 14.4 Å². The summed E-state index contributed by atoms with van der Waals surface area (Å²) in [4.78, 5) is 47.0. The van der Waals surface area contributed by atoms with E-state index in [1.165, 1.54) is 0 Å². The van der Waals surface area contributed by atoms with Crippen LogP contribution in [-0.2, 0) is 21.5 Å². The Balaban J connectivity index is 1.56. The van der Waals surface area contributed by atoms with Gasteiger partial charge in [-0.05, 0) is 125 Å². The first-order valence-corrected chi connectivity index (χ1v) is 17.1. The zero-order chi connectivity index (χ0) is 33.7. The van der Waals surface area contributed by atoms with Crippen LogP contribution in [0, 0.1) is 20.8 Å². The summed E-state index contributed by atoms with van der Waals surface area (Å²) in [5.41, 5.74) is 7.84. The molecule has 0 radical (unpaired) electrons. The number of aromatic nitrogens is 1. The quantitative estimate of drug-likeness (QED) is 0.238. The highest BCUT2D eigenvalue weighted by Crippen LogP contribution is 2.41. The lowest BCUT2D eigenvalue weighted by Crippen LogP contribution is -2.43. The number of rotatable bonds is 11. The number of benzene rings is 2. The first-order chi connectivity index (χ1) is 22.6. The van der Waals surface area contributed by atoms with E-state index in [2.05, 4.69) is 63.5 Å². The molecule has 1 amide bonds. The molecule has 5 rings (SSSR count). The number of nitrogens with zero attached hydrogens (tertiary/aromatic N) is 2. The van der Waals surface area contributed by atoms with E-state index in [4.69, 9.17) is 4.74 Å². The molecular formula is C38H51N5O4. The van der Waals surface area contributed by atoms with E-state index in [-0.39, 0.29) is 18.0 Å². The van der Waals surface area contributed by atoms with Crippen LogP contribution < -0.4 is 21.1 Å². The molecule has 2 aromatic carbocycles. The molecule has 2 fully saturated rings. The predicted octanol–water partition coefficient (Wildman–Crippen LogP) is 5.50. The van der Waals surface area contributed by atoms with Crippen molar-refractivity contribution < 1.29 is 14.3 Å². The molecule has 3 N–H and O–H groups in total. The summed E-state index contributed by atoms with van der Waals surface area (Å²) in [6, 6.07) is 12.7. The average Bonchev–Trinajstić information content (AvgIpc) is 3.09. The Morgan fingerprint density at radius 3 is 2.40 bits per heavy atom. The standard InChI is InChI=1S/C38H51N5O4/c1-7-42-15-13-38(24-44,14-16-42)33-10-9-28(21-34(33)39-6)29-20-31(36(45)40-23-32-25(3)19-26(4)41-37(32)46)27(5)35(22-29)43(8-2)30-11-17-47-18-12-30/h9-10,19-22,24,30,39H,7-8,11-18,23H2,1-6H3,(H,40,45)(H,41,46). The molecule has 47 heavy (non-hydrogen) atoms. The average molecular weight is 642 g/mol. The predicted molar refractivity (Wildman–Crippen MR) is 190 cm³/mol. The second kappa shape index (κ2) is 14.9. The number of pyridine rings is 1. The summed E-state index contributed by atoms with van der Waals surface area (Å²) in [6.45, 7) is 15.2. The van der Waals surface area contributed by atoms with Crippen molar-refractivity contribution in [3.05, 3.63) is 80.3 Å². The van der Waals surface area contributed by atoms with Gasteiger partial charge in [0.15, 0.2) is 0 Å². The molecule has 0 atom stereocenters. The van der Waals surface area contributed by atoms with Gasteiger partial charge < -0.3 is 34.9 Å². The monoisotopic (exact) mass is 641 g/mol. The number of amides is 1. The third-order valence-corrected chi connectivity index (χ3v) is 10.4. The van der Waals surface area contributed by atoms with Crippen LogP contribution in [0.5, 0.6) is 0 Å². The number of carbonyl (C=O) groups excluding carboxylic acids is 2. The highest BCUT2D eigenvalue weighted by atomic mass is 16.5. The van der Waals surface area contributed by atoms with Crippen LogP contribution in [0.2, 0.25) is 0 Å². The van der Waals surface area contributed by atoms with Crippen molar-refractivity contribution >= 4 is 23.6 Å². The van der Waals surface area contributed by atoms with Crippen molar-refractivity contribution in [3.63, 3.8) is 0 Å². The molecular weight excluding hydrogens is 590 g/mol. The first kappa shape index (κ1) is 34.4. The zero-order valence-corrected chi connectivity index (χ0v) is 28.9. The van der Waals surface area contributed by atoms with Gasteiger partial charge in [0, 0.05) is 67.6 Å². The maximum absolute atomic E-state index is 14.0. The lowest BCUT2D eigenvalue weighted by Gasteiger charge is -2.39. The molecule has 2 aliphatic heterocycles. The lowest BCUT2D eigenvalue weighted by molar-refractivity contribution is -0.114. The SMILES string of the molecule is CCN1CCC(C=O)(c2ccc(-c3cc(C(=O)NCc4c(C)cc(C)[nH]c4=O)c(C)c(N(CC)C4CCOCC4)c3)cc2NC)CC1. The normalized spacial score (nSPS) is 16.9. The minimum atomic E-state index is -0.528. The molecule has 0 unspecified atom stereocenters. The number of nitrogens with one attached hydrogen (secondary N) is 3. The third kappa shape index (κ3) is 7.16. The number of hydrogen-bond donors (Lipinski definition) is 3. The second-order valence-corrected chi connectivity index (χ2v) is 13.1. The number of ether oxygens (including phenoxy) is 1. The number of likely N-dealkylation sites (tertiary alicyclic amines) is 1. The second-order valence-electron chi connectivity index (χ2n) is 13.1. The van der Waals surface area contributed by atoms with Gasteiger partial charge in [0.2, 0.25) is 0 Å². The Labute approximate surface area is 279 Å². The van der Waals surface area contributed by atoms with E-state index < -0.39 is 5.41 Å². The molecule has 2 saturated heterocycles. The summed E-state index contributed by atoms with van der Waals surface area (Å²) in [6.07, 6.45) is 4.58. The summed E-state index contributed by atoms with van der Waals surface area (Å²) in [5.74, 6) is -0.221. The van der Waals surface area contributed by atoms with Crippen LogP contribution in [0.1, 0.15) is 77.8 Å². The molecule has 0 saturated carbocycles. The topological polar surface area (TPSA) is 107 Å². The van der Waals surface area contributed by atoms with Crippen LogP contribution in [0.4, 0.5) is 11.4 Å². The fourth-order valence-electron chi connectivity index (χ4n) is 7.47. The van der Waals surface area contributed by atoms with Crippen molar-refractivity contribution in [2.24, 2.45) is 0 Å². The van der Waals surface area contributed by atoms with Crippen molar-refractivity contribution in [3.8, 4) is 11.1 Å². The van der Waals surface area contributed by atoms with Crippen LogP contribution in [0.25, 0.3) is 11.1 Å². The summed E-state index contributed by atoms with van der Waals surface area (Å²) in [7, 11) is 1.90. The van der Waals surface area contributed by atoms with E-state index in [0.29, 0.717) is 17.2 Å². The third-order valence-electron chi connectivity index (χ3n) is 10.4. The number of aldehydes is 1. The van der Waals surface area contributed by atoms with E-state index >= 15 is 0 Å². The molecule has 9 nitrogen and oxygen atoms in total. The number of aromatic amines is 1. The summed E-state index contributed by atoms with van der Waals surface area (Å²) < 4.78 is 5.68. The van der Waals surface area contributed by atoms with Crippen LogP contribution in [-0.4, -0.2) is 74.6 Å². The molecule has 0 bridgehead atoms.